The van der Waals surface area contributed by atoms with E-state index in [1.807, 2.05) is 6.07 Å². The van der Waals surface area contributed by atoms with Crippen molar-refractivity contribution >= 4 is 64.2 Å². The first kappa shape index (κ1) is 17.7. The molecule has 2 heterocycles. The lowest BCUT2D eigenvalue weighted by molar-refractivity contribution is 0.804. The lowest BCUT2D eigenvalue weighted by atomic mass is 10.3. The van der Waals surface area contributed by atoms with E-state index < -0.39 is 0 Å². The monoisotopic (exact) mass is 441 g/mol. The van der Waals surface area contributed by atoms with Crippen molar-refractivity contribution in [1.82, 2.24) is 10.6 Å². The maximum absolute atomic E-state index is 5.90. The van der Waals surface area contributed by atoms with E-state index in [0.29, 0.717) is 0 Å². The maximum Gasteiger partial charge on any atom is 0.191 e. The average molecular weight is 442 g/mol. The summed E-state index contributed by atoms with van der Waals surface area (Å²) in [5.41, 5.74) is 0. The zero-order chi connectivity index (χ0) is 13.5. The Morgan fingerprint density at radius 3 is 2.70 bits per heavy atom. The Hall–Kier alpha value is -0.310. The highest BCUT2D eigenvalue weighted by molar-refractivity contribution is 14.0. The fourth-order valence-electron chi connectivity index (χ4n) is 1.59. The molecule has 0 aliphatic heterocycles. The van der Waals surface area contributed by atoms with Crippen molar-refractivity contribution in [2.45, 2.75) is 13.0 Å². The summed E-state index contributed by atoms with van der Waals surface area (Å²) in [4.78, 5) is 6.78. The molecule has 0 saturated carbocycles. The van der Waals surface area contributed by atoms with Gasteiger partial charge in [0.25, 0.3) is 0 Å². The smallest absolute Gasteiger partial charge is 0.191 e. The minimum atomic E-state index is 0. The molecule has 0 amide bonds. The third kappa shape index (κ3) is 5.99. The minimum Gasteiger partial charge on any atom is -0.356 e. The first-order valence-electron chi connectivity index (χ1n) is 5.99. The van der Waals surface area contributed by atoms with Gasteiger partial charge in [-0.3, -0.25) is 4.99 Å². The summed E-state index contributed by atoms with van der Waals surface area (Å²) in [5, 5.41) is 8.66. The number of nitrogens with one attached hydrogen (secondary N) is 2. The van der Waals surface area contributed by atoms with Gasteiger partial charge in [-0.25, -0.2) is 0 Å². The highest BCUT2D eigenvalue weighted by atomic mass is 127. The van der Waals surface area contributed by atoms with E-state index in [1.54, 1.807) is 29.7 Å². The Bertz CT molecular complexity index is 525. The summed E-state index contributed by atoms with van der Waals surface area (Å²) in [5.74, 6) is 0.830. The SMILES string of the molecule is CN=C(NCCc1ccc(Cl)s1)NCc1cccs1.I. The normalized spacial score (nSPS) is 11.0. The van der Waals surface area contributed by atoms with Crippen LogP contribution in [-0.2, 0) is 13.0 Å². The number of halogens is 2. The molecule has 0 unspecified atom stereocenters. The van der Waals surface area contributed by atoms with Crippen molar-refractivity contribution < 1.29 is 0 Å². The molecule has 0 radical (unpaired) electrons. The molecule has 0 aliphatic rings. The summed E-state index contributed by atoms with van der Waals surface area (Å²) >= 11 is 9.26. The molecule has 0 spiro atoms. The summed E-state index contributed by atoms with van der Waals surface area (Å²) in [6.07, 6.45) is 0.955. The van der Waals surface area contributed by atoms with Crippen LogP contribution >= 0.6 is 58.3 Å². The van der Waals surface area contributed by atoms with Gasteiger partial charge in [0.1, 0.15) is 0 Å². The van der Waals surface area contributed by atoms with Gasteiger partial charge in [0.2, 0.25) is 0 Å². The van der Waals surface area contributed by atoms with E-state index in [1.165, 1.54) is 9.75 Å². The van der Waals surface area contributed by atoms with Crippen molar-refractivity contribution in [3.8, 4) is 0 Å². The van der Waals surface area contributed by atoms with Crippen LogP contribution in [0.5, 0.6) is 0 Å². The number of nitrogens with zero attached hydrogens (tertiary/aromatic N) is 1. The number of aliphatic imine (C=N–C) groups is 1. The van der Waals surface area contributed by atoms with E-state index in [-0.39, 0.29) is 24.0 Å². The molecule has 2 aromatic heterocycles. The predicted octanol–water partition coefficient (Wildman–Crippen LogP) is 3.99. The quantitative estimate of drug-likeness (QED) is 0.418. The van der Waals surface area contributed by atoms with Crippen LogP contribution < -0.4 is 10.6 Å². The molecule has 3 nitrogen and oxygen atoms in total. The van der Waals surface area contributed by atoms with Crippen molar-refractivity contribution in [1.29, 1.82) is 0 Å². The van der Waals surface area contributed by atoms with Gasteiger partial charge in [0.15, 0.2) is 5.96 Å². The third-order valence-corrected chi connectivity index (χ3v) is 4.69. The second-order valence-electron chi connectivity index (χ2n) is 3.89. The Morgan fingerprint density at radius 1 is 1.25 bits per heavy atom. The zero-order valence-electron chi connectivity index (χ0n) is 11.1. The van der Waals surface area contributed by atoms with E-state index in [2.05, 4.69) is 39.2 Å². The summed E-state index contributed by atoms with van der Waals surface area (Å²) in [6.45, 7) is 1.66. The van der Waals surface area contributed by atoms with Crippen LogP contribution in [0.1, 0.15) is 9.75 Å². The molecular weight excluding hydrogens is 425 g/mol. The summed E-state index contributed by atoms with van der Waals surface area (Å²) in [6, 6.07) is 8.17. The van der Waals surface area contributed by atoms with Crippen molar-refractivity contribution in [3.63, 3.8) is 0 Å². The maximum atomic E-state index is 5.90. The van der Waals surface area contributed by atoms with Gasteiger partial charge < -0.3 is 10.6 Å². The minimum absolute atomic E-state index is 0. The molecule has 0 saturated heterocycles. The van der Waals surface area contributed by atoms with Crippen LogP contribution in [0, 0.1) is 0 Å². The van der Waals surface area contributed by atoms with Crippen molar-refractivity contribution in [2.24, 2.45) is 4.99 Å². The first-order valence-corrected chi connectivity index (χ1v) is 8.06. The van der Waals surface area contributed by atoms with Gasteiger partial charge in [0.05, 0.1) is 10.9 Å². The molecule has 0 fully saturated rings. The molecule has 0 aliphatic carbocycles. The Kier molecular flexibility index (Phi) is 8.51. The highest BCUT2D eigenvalue weighted by Crippen LogP contribution is 2.21. The zero-order valence-corrected chi connectivity index (χ0v) is 15.8. The van der Waals surface area contributed by atoms with Crippen LogP contribution in [0.3, 0.4) is 0 Å². The van der Waals surface area contributed by atoms with E-state index in [9.17, 15) is 0 Å². The topological polar surface area (TPSA) is 36.4 Å². The molecule has 2 aromatic rings. The average Bonchev–Trinajstić information content (AvgIpc) is 3.05. The lowest BCUT2D eigenvalue weighted by Gasteiger charge is -2.10. The second kappa shape index (κ2) is 9.59. The fourth-order valence-corrected chi connectivity index (χ4v) is 3.33. The van der Waals surface area contributed by atoms with Gasteiger partial charge in [-0.1, -0.05) is 17.7 Å². The standard InChI is InChI=1S/C13H16ClN3S2.HI/c1-15-13(17-9-11-3-2-8-18-11)16-7-6-10-4-5-12(14)19-10;/h2-5,8H,6-7,9H2,1H3,(H2,15,16,17);1H. The molecule has 2 N–H and O–H groups in total. The van der Waals surface area contributed by atoms with Crippen LogP contribution in [0.15, 0.2) is 34.6 Å². The predicted molar refractivity (Wildman–Crippen MR) is 101 cm³/mol. The number of hydrogen-bond donors (Lipinski definition) is 2. The molecule has 110 valence electrons. The van der Waals surface area contributed by atoms with Crippen LogP contribution in [-0.4, -0.2) is 19.6 Å². The molecular formula is C13H17ClIN3S2. The number of rotatable bonds is 5. The van der Waals surface area contributed by atoms with Gasteiger partial charge in [-0.15, -0.1) is 46.7 Å². The van der Waals surface area contributed by atoms with Crippen LogP contribution in [0.25, 0.3) is 0 Å². The molecule has 2 rings (SSSR count). The van der Waals surface area contributed by atoms with E-state index >= 15 is 0 Å². The van der Waals surface area contributed by atoms with Gasteiger partial charge in [0, 0.05) is 23.3 Å². The van der Waals surface area contributed by atoms with Crippen LogP contribution in [0.4, 0.5) is 0 Å². The summed E-state index contributed by atoms with van der Waals surface area (Å²) < 4.78 is 0.843. The van der Waals surface area contributed by atoms with E-state index in [0.717, 1.165) is 29.8 Å². The fraction of sp³-hybridized carbons (Fsp3) is 0.308. The van der Waals surface area contributed by atoms with Gasteiger partial charge in [-0.2, -0.15) is 0 Å². The largest absolute Gasteiger partial charge is 0.356 e. The van der Waals surface area contributed by atoms with Crippen molar-refractivity contribution in [3.05, 3.63) is 43.7 Å². The molecule has 7 heteroatoms. The second-order valence-corrected chi connectivity index (χ2v) is 6.72. The molecule has 0 aromatic carbocycles. The number of thiophene rings is 2. The molecule has 0 atom stereocenters. The van der Waals surface area contributed by atoms with Crippen LogP contribution in [0.2, 0.25) is 4.34 Å². The van der Waals surface area contributed by atoms with E-state index in [4.69, 9.17) is 11.6 Å². The first-order chi connectivity index (χ1) is 9.28. The Morgan fingerprint density at radius 2 is 2.10 bits per heavy atom. The Labute approximate surface area is 149 Å². The molecule has 20 heavy (non-hydrogen) atoms. The highest BCUT2D eigenvalue weighted by Gasteiger charge is 2.01. The summed E-state index contributed by atoms with van der Waals surface area (Å²) in [7, 11) is 1.78. The number of hydrogen-bond acceptors (Lipinski definition) is 3. The Balaban J connectivity index is 0.00000200. The number of guanidine groups is 1. The molecule has 0 bridgehead atoms. The van der Waals surface area contributed by atoms with Gasteiger partial charge >= 0.3 is 0 Å². The lowest BCUT2D eigenvalue weighted by Crippen LogP contribution is -2.37. The van der Waals surface area contributed by atoms with Gasteiger partial charge in [-0.05, 0) is 30.0 Å². The third-order valence-electron chi connectivity index (χ3n) is 2.53. The van der Waals surface area contributed by atoms with Crippen molar-refractivity contribution in [2.75, 3.05) is 13.6 Å².